The number of rotatable bonds is 3. The summed E-state index contributed by atoms with van der Waals surface area (Å²) in [4.78, 5) is 4.25. The minimum absolute atomic E-state index is 0.254. The van der Waals surface area contributed by atoms with E-state index in [1.807, 2.05) is 23.7 Å². The Hall–Kier alpha value is -2.58. The summed E-state index contributed by atoms with van der Waals surface area (Å²) in [5.74, 6) is -0.313. The normalized spacial score (nSPS) is 14.9. The summed E-state index contributed by atoms with van der Waals surface area (Å²) in [5, 5.41) is 4.73. The van der Waals surface area contributed by atoms with Gasteiger partial charge in [-0.25, -0.2) is 12.8 Å². The van der Waals surface area contributed by atoms with Gasteiger partial charge < -0.3 is 0 Å². The molecule has 6 nitrogen and oxygen atoms in total. The molecule has 0 fully saturated rings. The van der Waals surface area contributed by atoms with E-state index in [1.165, 1.54) is 22.7 Å². The van der Waals surface area contributed by atoms with Crippen LogP contribution >= 0.6 is 0 Å². The molecule has 140 valence electrons. The second-order valence-electron chi connectivity index (χ2n) is 6.68. The maximum atomic E-state index is 13.4. The number of halogens is 1. The van der Waals surface area contributed by atoms with Crippen LogP contribution in [0.3, 0.4) is 0 Å². The monoisotopic (exact) mass is 386 g/mol. The highest BCUT2D eigenvalue weighted by molar-refractivity contribution is 7.88. The maximum absolute atomic E-state index is 13.4. The second-order valence-corrected chi connectivity index (χ2v) is 8.67. The fraction of sp³-hybridized carbons (Fsp3) is 0.263. The summed E-state index contributed by atoms with van der Waals surface area (Å²) in [7, 11) is -3.31. The maximum Gasteiger partial charge on any atom is 0.211 e. The largest absolute Gasteiger partial charge is 0.266 e. The third-order valence-electron chi connectivity index (χ3n) is 4.72. The number of nitrogens with zero attached hydrogens (tertiary/aromatic N) is 4. The van der Waals surface area contributed by atoms with Crippen molar-refractivity contribution in [2.75, 3.05) is 12.8 Å². The van der Waals surface area contributed by atoms with Gasteiger partial charge in [-0.2, -0.15) is 9.40 Å². The Balaban J connectivity index is 1.93. The minimum Gasteiger partial charge on any atom is -0.266 e. The Labute approximate surface area is 157 Å². The van der Waals surface area contributed by atoms with Crippen molar-refractivity contribution in [3.8, 4) is 22.4 Å². The zero-order valence-electron chi connectivity index (χ0n) is 15.1. The minimum atomic E-state index is -3.31. The highest BCUT2D eigenvalue weighted by Crippen LogP contribution is 2.37. The first-order valence-electron chi connectivity index (χ1n) is 8.57. The van der Waals surface area contributed by atoms with E-state index in [0.717, 1.165) is 28.1 Å². The number of sulfonamides is 1. The highest BCUT2D eigenvalue weighted by atomic mass is 32.2. The van der Waals surface area contributed by atoms with Crippen LogP contribution in [-0.4, -0.2) is 40.3 Å². The SMILES string of the molecule is Cc1cc(-c2c(-c3ccc(F)cc3)nn3c2CN(S(C)(=O)=O)CC3)ccn1. The Morgan fingerprint density at radius 3 is 2.48 bits per heavy atom. The van der Waals surface area contributed by atoms with E-state index >= 15 is 0 Å². The first kappa shape index (κ1) is 17.8. The molecule has 0 saturated carbocycles. The Kier molecular flexibility index (Phi) is 4.32. The zero-order chi connectivity index (χ0) is 19.2. The number of aromatic nitrogens is 3. The first-order valence-corrected chi connectivity index (χ1v) is 10.4. The van der Waals surface area contributed by atoms with Gasteiger partial charge in [0.2, 0.25) is 10.0 Å². The van der Waals surface area contributed by atoms with E-state index in [0.29, 0.717) is 18.8 Å². The molecule has 0 atom stereocenters. The fourth-order valence-corrected chi connectivity index (χ4v) is 4.16. The summed E-state index contributed by atoms with van der Waals surface area (Å²) >= 11 is 0. The smallest absolute Gasteiger partial charge is 0.211 e. The van der Waals surface area contributed by atoms with E-state index in [1.54, 1.807) is 18.3 Å². The van der Waals surface area contributed by atoms with Gasteiger partial charge in [0, 0.05) is 29.6 Å². The number of benzene rings is 1. The van der Waals surface area contributed by atoms with Crippen LogP contribution in [0.4, 0.5) is 4.39 Å². The summed E-state index contributed by atoms with van der Waals surface area (Å²) in [6.07, 6.45) is 2.94. The molecule has 0 spiro atoms. The van der Waals surface area contributed by atoms with Crippen molar-refractivity contribution in [1.29, 1.82) is 0 Å². The Bertz CT molecular complexity index is 1110. The van der Waals surface area contributed by atoms with Crippen molar-refractivity contribution in [2.24, 2.45) is 0 Å². The summed E-state index contributed by atoms with van der Waals surface area (Å²) in [6, 6.07) is 10.0. The third-order valence-corrected chi connectivity index (χ3v) is 5.97. The number of hydrogen-bond donors (Lipinski definition) is 0. The number of fused-ring (bicyclic) bond motifs is 1. The standard InChI is InChI=1S/C19H19FN4O2S/c1-13-11-15(7-8-21-13)18-17-12-23(27(2,25)26)9-10-24(17)22-19(18)14-3-5-16(20)6-4-14/h3-8,11H,9-10,12H2,1-2H3. The van der Waals surface area contributed by atoms with Gasteiger partial charge in [-0.05, 0) is 48.9 Å². The van der Waals surface area contributed by atoms with Crippen LogP contribution in [0, 0.1) is 12.7 Å². The van der Waals surface area contributed by atoms with Gasteiger partial charge in [-0.1, -0.05) is 0 Å². The predicted molar refractivity (Wildman–Crippen MR) is 101 cm³/mol. The van der Waals surface area contributed by atoms with Gasteiger partial charge >= 0.3 is 0 Å². The molecule has 4 rings (SSSR count). The lowest BCUT2D eigenvalue weighted by Gasteiger charge is -2.26. The molecule has 0 radical (unpaired) electrons. The van der Waals surface area contributed by atoms with E-state index in [9.17, 15) is 12.8 Å². The Morgan fingerprint density at radius 2 is 1.81 bits per heavy atom. The van der Waals surface area contributed by atoms with Crippen LogP contribution in [0.2, 0.25) is 0 Å². The zero-order valence-corrected chi connectivity index (χ0v) is 15.9. The molecule has 0 unspecified atom stereocenters. The molecule has 1 aliphatic heterocycles. The lowest BCUT2D eigenvalue weighted by Crippen LogP contribution is -2.37. The molecule has 0 bridgehead atoms. The van der Waals surface area contributed by atoms with E-state index in [2.05, 4.69) is 4.98 Å². The van der Waals surface area contributed by atoms with Gasteiger partial charge in [0.05, 0.1) is 25.0 Å². The van der Waals surface area contributed by atoms with Gasteiger partial charge in [0.1, 0.15) is 11.5 Å². The molecule has 8 heteroatoms. The van der Waals surface area contributed by atoms with Crippen molar-refractivity contribution >= 4 is 10.0 Å². The van der Waals surface area contributed by atoms with Crippen molar-refractivity contribution < 1.29 is 12.8 Å². The van der Waals surface area contributed by atoms with Gasteiger partial charge in [0.25, 0.3) is 0 Å². The first-order chi connectivity index (χ1) is 12.8. The fourth-order valence-electron chi connectivity index (χ4n) is 3.39. The molecule has 2 aromatic heterocycles. The molecule has 1 aromatic carbocycles. The average Bonchev–Trinajstić information content (AvgIpc) is 3.00. The lowest BCUT2D eigenvalue weighted by atomic mass is 9.98. The Morgan fingerprint density at radius 1 is 1.07 bits per heavy atom. The second kappa shape index (κ2) is 6.54. The van der Waals surface area contributed by atoms with Crippen molar-refractivity contribution in [3.63, 3.8) is 0 Å². The van der Waals surface area contributed by atoms with Crippen molar-refractivity contribution in [1.82, 2.24) is 19.1 Å². The van der Waals surface area contributed by atoms with Crippen molar-refractivity contribution in [3.05, 3.63) is 59.8 Å². The summed E-state index contributed by atoms with van der Waals surface area (Å²) in [6.45, 7) is 3.01. The molecule has 3 heterocycles. The predicted octanol–water partition coefficient (Wildman–Crippen LogP) is 2.83. The molecule has 0 N–H and O–H groups in total. The summed E-state index contributed by atoms with van der Waals surface area (Å²) < 4.78 is 40.8. The van der Waals surface area contributed by atoms with Crippen LogP contribution in [0.1, 0.15) is 11.4 Å². The molecule has 1 aliphatic rings. The van der Waals surface area contributed by atoms with Gasteiger partial charge in [0.15, 0.2) is 0 Å². The van der Waals surface area contributed by atoms with E-state index in [4.69, 9.17) is 5.10 Å². The number of pyridine rings is 1. The number of aryl methyl sites for hydroxylation is 1. The molecule has 0 saturated heterocycles. The van der Waals surface area contributed by atoms with Crippen LogP contribution in [0.15, 0.2) is 42.6 Å². The van der Waals surface area contributed by atoms with Crippen LogP contribution in [0.5, 0.6) is 0 Å². The average molecular weight is 386 g/mol. The molecule has 0 aliphatic carbocycles. The molecule has 27 heavy (non-hydrogen) atoms. The van der Waals surface area contributed by atoms with E-state index < -0.39 is 10.0 Å². The van der Waals surface area contributed by atoms with E-state index in [-0.39, 0.29) is 12.4 Å². The number of hydrogen-bond acceptors (Lipinski definition) is 4. The molecular formula is C19H19FN4O2S. The quantitative estimate of drug-likeness (QED) is 0.694. The topological polar surface area (TPSA) is 68.1 Å². The third kappa shape index (κ3) is 3.38. The van der Waals surface area contributed by atoms with Gasteiger partial charge in [-0.3, -0.25) is 9.67 Å². The molecule has 0 amide bonds. The summed E-state index contributed by atoms with van der Waals surface area (Å²) in [5.41, 5.74) is 4.96. The van der Waals surface area contributed by atoms with Crippen LogP contribution in [-0.2, 0) is 23.1 Å². The van der Waals surface area contributed by atoms with Crippen LogP contribution in [0.25, 0.3) is 22.4 Å². The van der Waals surface area contributed by atoms with Crippen LogP contribution < -0.4 is 0 Å². The van der Waals surface area contributed by atoms with Gasteiger partial charge in [-0.15, -0.1) is 0 Å². The molecular weight excluding hydrogens is 367 g/mol. The molecule has 3 aromatic rings. The lowest BCUT2D eigenvalue weighted by molar-refractivity contribution is 0.329. The highest BCUT2D eigenvalue weighted by Gasteiger charge is 2.29. The van der Waals surface area contributed by atoms with Crippen molar-refractivity contribution in [2.45, 2.75) is 20.0 Å².